The highest BCUT2D eigenvalue weighted by molar-refractivity contribution is 4.87. The molecule has 74 valence electrons. The molecule has 0 radical (unpaired) electrons. The second kappa shape index (κ2) is 5.24. The summed E-state index contributed by atoms with van der Waals surface area (Å²) in [5.74, 6) is 1.55. The number of nitrogens with one attached hydrogen (secondary N) is 1. The molecular weight excluding hydrogens is 160 g/mol. The van der Waals surface area contributed by atoms with Crippen LogP contribution in [0.5, 0.6) is 0 Å². The molecule has 1 saturated carbocycles. The molecule has 0 aromatic heterocycles. The number of hydrogen-bond donors (Lipinski definition) is 1. The minimum absolute atomic E-state index is 0.181. The first-order valence-corrected chi connectivity index (χ1v) is 5.34. The van der Waals surface area contributed by atoms with Crippen molar-refractivity contribution in [2.75, 3.05) is 13.1 Å². The SMILES string of the molecule is CC(C)C(C#N)CNCC1CCC1. The van der Waals surface area contributed by atoms with Gasteiger partial charge in [0.1, 0.15) is 0 Å². The Morgan fingerprint density at radius 1 is 1.46 bits per heavy atom. The zero-order chi connectivity index (χ0) is 9.68. The summed E-state index contributed by atoms with van der Waals surface area (Å²) >= 11 is 0. The van der Waals surface area contributed by atoms with Gasteiger partial charge in [0.15, 0.2) is 0 Å². The largest absolute Gasteiger partial charge is 0.315 e. The van der Waals surface area contributed by atoms with Crippen LogP contribution in [-0.2, 0) is 0 Å². The monoisotopic (exact) mass is 180 g/mol. The van der Waals surface area contributed by atoms with Crippen molar-refractivity contribution in [3.8, 4) is 6.07 Å². The van der Waals surface area contributed by atoms with E-state index in [4.69, 9.17) is 5.26 Å². The van der Waals surface area contributed by atoms with E-state index in [1.165, 1.54) is 19.3 Å². The fourth-order valence-corrected chi connectivity index (χ4v) is 1.57. The van der Waals surface area contributed by atoms with Gasteiger partial charge in [0, 0.05) is 6.54 Å². The Morgan fingerprint density at radius 2 is 2.15 bits per heavy atom. The summed E-state index contributed by atoms with van der Waals surface area (Å²) < 4.78 is 0. The zero-order valence-corrected chi connectivity index (χ0v) is 8.71. The third kappa shape index (κ3) is 3.36. The van der Waals surface area contributed by atoms with Crippen LogP contribution in [0.15, 0.2) is 0 Å². The average Bonchev–Trinajstić information content (AvgIpc) is 2.00. The maximum atomic E-state index is 8.84. The van der Waals surface area contributed by atoms with Gasteiger partial charge in [0.2, 0.25) is 0 Å². The molecule has 2 nitrogen and oxygen atoms in total. The summed E-state index contributed by atoms with van der Waals surface area (Å²) in [7, 11) is 0. The van der Waals surface area contributed by atoms with Crippen LogP contribution >= 0.6 is 0 Å². The van der Waals surface area contributed by atoms with E-state index in [1.807, 2.05) is 0 Å². The topological polar surface area (TPSA) is 35.8 Å². The lowest BCUT2D eigenvalue weighted by atomic mass is 9.85. The highest BCUT2D eigenvalue weighted by Gasteiger charge is 2.18. The van der Waals surface area contributed by atoms with E-state index in [0.29, 0.717) is 5.92 Å². The van der Waals surface area contributed by atoms with Crippen LogP contribution < -0.4 is 5.32 Å². The van der Waals surface area contributed by atoms with Gasteiger partial charge in [-0.05, 0) is 31.2 Å². The summed E-state index contributed by atoms with van der Waals surface area (Å²) in [5.41, 5.74) is 0. The first-order valence-electron chi connectivity index (χ1n) is 5.34. The maximum Gasteiger partial charge on any atom is 0.0671 e. The third-order valence-corrected chi connectivity index (χ3v) is 2.99. The second-order valence-corrected chi connectivity index (χ2v) is 4.43. The van der Waals surface area contributed by atoms with Crippen LogP contribution in [0.3, 0.4) is 0 Å². The summed E-state index contributed by atoms with van der Waals surface area (Å²) in [5, 5.41) is 12.2. The first kappa shape index (κ1) is 10.5. The van der Waals surface area contributed by atoms with E-state index in [2.05, 4.69) is 25.2 Å². The maximum absolute atomic E-state index is 8.84. The summed E-state index contributed by atoms with van der Waals surface area (Å²) in [6.07, 6.45) is 4.16. The average molecular weight is 180 g/mol. The van der Waals surface area contributed by atoms with Crippen LogP contribution in [-0.4, -0.2) is 13.1 Å². The van der Waals surface area contributed by atoms with E-state index in [-0.39, 0.29) is 5.92 Å². The van der Waals surface area contributed by atoms with E-state index in [0.717, 1.165) is 19.0 Å². The number of rotatable bonds is 5. The smallest absolute Gasteiger partial charge is 0.0671 e. The number of nitrogens with zero attached hydrogens (tertiary/aromatic N) is 1. The Labute approximate surface area is 81.3 Å². The lowest BCUT2D eigenvalue weighted by Gasteiger charge is -2.26. The lowest BCUT2D eigenvalue weighted by molar-refractivity contribution is 0.293. The Balaban J connectivity index is 2.06. The summed E-state index contributed by atoms with van der Waals surface area (Å²) in [4.78, 5) is 0. The van der Waals surface area contributed by atoms with Crippen molar-refractivity contribution < 1.29 is 0 Å². The molecule has 1 rings (SSSR count). The molecule has 0 aromatic rings. The van der Waals surface area contributed by atoms with Crippen molar-refractivity contribution in [1.82, 2.24) is 5.32 Å². The van der Waals surface area contributed by atoms with Crippen molar-refractivity contribution >= 4 is 0 Å². The number of hydrogen-bond acceptors (Lipinski definition) is 2. The van der Waals surface area contributed by atoms with Gasteiger partial charge >= 0.3 is 0 Å². The van der Waals surface area contributed by atoms with Gasteiger partial charge in [0.25, 0.3) is 0 Å². The summed E-state index contributed by atoms with van der Waals surface area (Å²) in [6, 6.07) is 2.35. The molecule has 0 heterocycles. The Hall–Kier alpha value is -0.550. The van der Waals surface area contributed by atoms with Crippen LogP contribution in [0.2, 0.25) is 0 Å². The molecule has 0 aromatic carbocycles. The third-order valence-electron chi connectivity index (χ3n) is 2.99. The van der Waals surface area contributed by atoms with Gasteiger partial charge in [-0.15, -0.1) is 0 Å². The van der Waals surface area contributed by atoms with Gasteiger partial charge in [-0.3, -0.25) is 0 Å². The summed E-state index contributed by atoms with van der Waals surface area (Å²) in [6.45, 7) is 6.20. The van der Waals surface area contributed by atoms with Gasteiger partial charge in [-0.2, -0.15) is 5.26 Å². The van der Waals surface area contributed by atoms with Crippen molar-refractivity contribution in [3.63, 3.8) is 0 Å². The number of nitriles is 1. The molecule has 2 heteroatoms. The fourth-order valence-electron chi connectivity index (χ4n) is 1.57. The molecule has 0 spiro atoms. The van der Waals surface area contributed by atoms with Crippen LogP contribution in [0, 0.1) is 29.1 Å². The minimum Gasteiger partial charge on any atom is -0.315 e. The normalized spacial score (nSPS) is 19.5. The standard InChI is InChI=1S/C11H20N2/c1-9(2)11(6-12)8-13-7-10-4-3-5-10/h9-11,13H,3-5,7-8H2,1-2H3. The second-order valence-electron chi connectivity index (χ2n) is 4.43. The molecule has 1 unspecified atom stereocenters. The van der Waals surface area contributed by atoms with Crippen molar-refractivity contribution in [2.24, 2.45) is 17.8 Å². The zero-order valence-electron chi connectivity index (χ0n) is 8.71. The van der Waals surface area contributed by atoms with E-state index in [9.17, 15) is 0 Å². The van der Waals surface area contributed by atoms with Gasteiger partial charge in [0.05, 0.1) is 12.0 Å². The Kier molecular flexibility index (Phi) is 4.24. The van der Waals surface area contributed by atoms with Crippen LogP contribution in [0.4, 0.5) is 0 Å². The van der Waals surface area contributed by atoms with Crippen molar-refractivity contribution in [2.45, 2.75) is 33.1 Å². The van der Waals surface area contributed by atoms with Crippen molar-refractivity contribution in [1.29, 1.82) is 5.26 Å². The molecule has 0 bridgehead atoms. The van der Waals surface area contributed by atoms with Gasteiger partial charge in [-0.25, -0.2) is 0 Å². The van der Waals surface area contributed by atoms with Crippen molar-refractivity contribution in [3.05, 3.63) is 0 Å². The molecule has 1 aliphatic rings. The Bertz CT molecular complexity index is 177. The highest BCUT2D eigenvalue weighted by atomic mass is 14.9. The van der Waals surface area contributed by atoms with Gasteiger partial charge < -0.3 is 5.32 Å². The molecule has 1 aliphatic carbocycles. The molecule has 0 aliphatic heterocycles. The predicted molar refractivity (Wildman–Crippen MR) is 54.2 cm³/mol. The molecule has 13 heavy (non-hydrogen) atoms. The van der Waals surface area contributed by atoms with Gasteiger partial charge in [-0.1, -0.05) is 20.3 Å². The minimum atomic E-state index is 0.181. The molecule has 0 amide bonds. The molecule has 1 N–H and O–H groups in total. The first-order chi connectivity index (χ1) is 6.24. The fraction of sp³-hybridized carbons (Fsp3) is 0.909. The van der Waals surface area contributed by atoms with E-state index in [1.54, 1.807) is 0 Å². The highest BCUT2D eigenvalue weighted by Crippen LogP contribution is 2.25. The lowest BCUT2D eigenvalue weighted by Crippen LogP contribution is -2.32. The van der Waals surface area contributed by atoms with E-state index >= 15 is 0 Å². The van der Waals surface area contributed by atoms with Crippen LogP contribution in [0.25, 0.3) is 0 Å². The molecule has 0 saturated heterocycles. The molecular formula is C11H20N2. The quantitative estimate of drug-likeness (QED) is 0.704. The predicted octanol–water partition coefficient (Wildman–Crippen LogP) is 2.17. The Morgan fingerprint density at radius 3 is 2.54 bits per heavy atom. The molecule has 1 atom stereocenters. The van der Waals surface area contributed by atoms with E-state index < -0.39 is 0 Å². The van der Waals surface area contributed by atoms with Crippen LogP contribution in [0.1, 0.15) is 33.1 Å². The molecule has 1 fully saturated rings.